The van der Waals surface area contributed by atoms with Gasteiger partial charge in [0.1, 0.15) is 17.4 Å². The second-order valence-electron chi connectivity index (χ2n) is 7.86. The van der Waals surface area contributed by atoms with Gasteiger partial charge in [0.05, 0.1) is 17.8 Å². The van der Waals surface area contributed by atoms with Crippen molar-refractivity contribution in [3.8, 4) is 5.75 Å². The van der Waals surface area contributed by atoms with E-state index in [-0.39, 0.29) is 6.10 Å². The zero-order valence-corrected chi connectivity index (χ0v) is 17.5. The Bertz CT molecular complexity index is 1160. The van der Waals surface area contributed by atoms with E-state index in [2.05, 4.69) is 56.1 Å². The molecule has 0 amide bonds. The van der Waals surface area contributed by atoms with Crippen LogP contribution in [0.5, 0.6) is 5.75 Å². The van der Waals surface area contributed by atoms with Gasteiger partial charge in [-0.2, -0.15) is 5.10 Å². The van der Waals surface area contributed by atoms with Gasteiger partial charge in [-0.05, 0) is 31.2 Å². The van der Waals surface area contributed by atoms with E-state index < -0.39 is 0 Å². The van der Waals surface area contributed by atoms with E-state index in [4.69, 9.17) is 9.47 Å². The zero-order valence-electron chi connectivity index (χ0n) is 17.5. The van der Waals surface area contributed by atoms with E-state index in [0.29, 0.717) is 6.61 Å². The van der Waals surface area contributed by atoms with E-state index in [1.165, 1.54) is 5.52 Å². The van der Waals surface area contributed by atoms with Gasteiger partial charge in [-0.15, -0.1) is 0 Å². The Morgan fingerprint density at radius 3 is 2.80 bits per heavy atom. The first-order chi connectivity index (χ1) is 14.7. The summed E-state index contributed by atoms with van der Waals surface area (Å²) in [5.41, 5.74) is 3.26. The van der Waals surface area contributed by atoms with Crippen molar-refractivity contribution in [2.75, 3.05) is 31.7 Å². The molecule has 0 unspecified atom stereocenters. The molecule has 30 heavy (non-hydrogen) atoms. The predicted octanol–water partition coefficient (Wildman–Crippen LogP) is 3.69. The molecule has 4 aromatic rings. The van der Waals surface area contributed by atoms with Crippen LogP contribution in [0.15, 0.2) is 48.9 Å². The van der Waals surface area contributed by atoms with Gasteiger partial charge in [-0.3, -0.25) is 0 Å². The lowest BCUT2D eigenvalue weighted by atomic mass is 10.1. The molecule has 0 spiro atoms. The number of aryl methyl sites for hydroxylation is 1. The molecule has 7 heteroatoms. The van der Waals surface area contributed by atoms with Gasteiger partial charge in [-0.25, -0.2) is 9.50 Å². The van der Waals surface area contributed by atoms with Crippen molar-refractivity contribution in [3.63, 3.8) is 0 Å². The minimum absolute atomic E-state index is 0.209. The molecule has 1 saturated heterocycles. The summed E-state index contributed by atoms with van der Waals surface area (Å²) in [6, 6.07) is 10.5. The summed E-state index contributed by atoms with van der Waals surface area (Å²) in [6.45, 7) is 5.40. The molecule has 156 valence electrons. The molecule has 5 rings (SSSR count). The van der Waals surface area contributed by atoms with Crippen LogP contribution in [0.1, 0.15) is 18.5 Å². The molecule has 0 saturated carbocycles. The molecule has 4 heterocycles. The lowest BCUT2D eigenvalue weighted by Gasteiger charge is -2.33. The first kappa shape index (κ1) is 18.9. The van der Waals surface area contributed by atoms with Crippen molar-refractivity contribution in [3.05, 3.63) is 54.6 Å². The number of hydrogen-bond donors (Lipinski definition) is 0. The van der Waals surface area contributed by atoms with Crippen LogP contribution in [0.3, 0.4) is 0 Å². The smallest absolute Gasteiger partial charge is 0.154 e. The molecule has 0 N–H and O–H groups in total. The first-order valence-corrected chi connectivity index (χ1v) is 10.5. The minimum Gasteiger partial charge on any atom is -0.490 e. The minimum atomic E-state index is 0.209. The van der Waals surface area contributed by atoms with Crippen molar-refractivity contribution in [2.24, 2.45) is 0 Å². The van der Waals surface area contributed by atoms with Crippen LogP contribution < -0.4 is 9.64 Å². The lowest BCUT2D eigenvalue weighted by Crippen LogP contribution is -2.38. The number of methoxy groups -OCH3 is 1. The number of benzene rings is 1. The number of hydrogen-bond acceptors (Lipinski definition) is 5. The lowest BCUT2D eigenvalue weighted by molar-refractivity contribution is 0.173. The van der Waals surface area contributed by atoms with Crippen LogP contribution in [-0.4, -0.2) is 52.1 Å². The molecule has 1 aliphatic rings. The van der Waals surface area contributed by atoms with Crippen LogP contribution in [0.2, 0.25) is 0 Å². The maximum atomic E-state index is 6.45. The van der Waals surface area contributed by atoms with Crippen molar-refractivity contribution in [1.29, 1.82) is 0 Å². The summed E-state index contributed by atoms with van der Waals surface area (Å²) in [4.78, 5) is 6.98. The van der Waals surface area contributed by atoms with E-state index >= 15 is 0 Å². The topological polar surface area (TPSA) is 56.8 Å². The molecule has 7 nitrogen and oxygen atoms in total. The molecule has 0 radical (unpaired) electrons. The van der Waals surface area contributed by atoms with Crippen LogP contribution in [0.4, 0.5) is 5.82 Å². The summed E-state index contributed by atoms with van der Waals surface area (Å²) >= 11 is 0. The largest absolute Gasteiger partial charge is 0.490 e. The van der Waals surface area contributed by atoms with E-state index in [1.807, 2.05) is 23.8 Å². The highest BCUT2D eigenvalue weighted by atomic mass is 16.5. The molecule has 0 aliphatic carbocycles. The van der Waals surface area contributed by atoms with Gasteiger partial charge < -0.3 is 18.9 Å². The fourth-order valence-electron chi connectivity index (χ4n) is 4.32. The van der Waals surface area contributed by atoms with Crippen molar-refractivity contribution >= 4 is 22.2 Å². The average Bonchev–Trinajstić information content (AvgIpc) is 3.35. The highest BCUT2D eigenvalue weighted by molar-refractivity contribution is 5.86. The summed E-state index contributed by atoms with van der Waals surface area (Å²) in [6.07, 6.45) is 7.99. The molecule has 0 bridgehead atoms. The first-order valence-electron chi connectivity index (χ1n) is 10.5. The molecular weight excluding hydrogens is 378 g/mol. The highest BCUT2D eigenvalue weighted by Crippen LogP contribution is 2.30. The molecule has 1 fully saturated rings. The summed E-state index contributed by atoms with van der Waals surface area (Å²) in [7, 11) is 1.73. The standard InChI is InChI=1S/C23H27N5O2/c1-17-16-21-23(24-9-13-28(21)25-17)27-10-6-18(7-11-27)30-22-5-3-4-20-19(22)8-12-26(20)14-15-29-2/h3-5,8-9,12-13,16,18H,6-7,10-11,14-15H2,1-2H3. The zero-order chi connectivity index (χ0) is 20.5. The summed E-state index contributed by atoms with van der Waals surface area (Å²) < 4.78 is 15.8. The van der Waals surface area contributed by atoms with Gasteiger partial charge in [-0.1, -0.05) is 6.07 Å². The number of ether oxygens (including phenoxy) is 2. The third-order valence-electron chi connectivity index (χ3n) is 5.84. The Hall–Kier alpha value is -3.06. The van der Waals surface area contributed by atoms with Crippen molar-refractivity contribution < 1.29 is 9.47 Å². The van der Waals surface area contributed by atoms with Gasteiger partial charge >= 0.3 is 0 Å². The molecule has 1 aromatic carbocycles. The Balaban J connectivity index is 1.29. The number of nitrogens with zero attached hydrogens (tertiary/aromatic N) is 5. The van der Waals surface area contributed by atoms with Crippen LogP contribution in [0.25, 0.3) is 16.4 Å². The Morgan fingerprint density at radius 1 is 1.10 bits per heavy atom. The van der Waals surface area contributed by atoms with Crippen molar-refractivity contribution in [1.82, 2.24) is 19.2 Å². The Kier molecular flexibility index (Phi) is 5.04. The molecule has 1 aliphatic heterocycles. The molecule has 0 atom stereocenters. The Morgan fingerprint density at radius 2 is 1.97 bits per heavy atom. The van der Waals surface area contributed by atoms with Crippen LogP contribution in [0, 0.1) is 6.92 Å². The second-order valence-corrected chi connectivity index (χ2v) is 7.86. The van der Waals surface area contributed by atoms with E-state index in [0.717, 1.165) is 60.6 Å². The normalized spacial score (nSPS) is 15.3. The Labute approximate surface area is 175 Å². The van der Waals surface area contributed by atoms with Gasteiger partial charge in [0.2, 0.25) is 0 Å². The number of rotatable bonds is 6. The second kappa shape index (κ2) is 7.99. The van der Waals surface area contributed by atoms with Crippen LogP contribution >= 0.6 is 0 Å². The molecular formula is C23H27N5O2. The SMILES string of the molecule is COCCn1ccc2c(OC3CCN(c4nccn5nc(C)cc45)CC3)cccc21. The fraction of sp³-hybridized carbons (Fsp3) is 0.391. The number of aromatic nitrogens is 4. The summed E-state index contributed by atoms with van der Waals surface area (Å²) in [5, 5.41) is 5.67. The third kappa shape index (κ3) is 3.50. The summed E-state index contributed by atoms with van der Waals surface area (Å²) in [5.74, 6) is 1.97. The third-order valence-corrected chi connectivity index (χ3v) is 5.84. The number of anilines is 1. The maximum Gasteiger partial charge on any atom is 0.154 e. The number of fused-ring (bicyclic) bond motifs is 2. The molecule has 3 aromatic heterocycles. The predicted molar refractivity (Wildman–Crippen MR) is 117 cm³/mol. The van der Waals surface area contributed by atoms with Crippen LogP contribution in [-0.2, 0) is 11.3 Å². The van der Waals surface area contributed by atoms with E-state index in [1.54, 1.807) is 7.11 Å². The van der Waals surface area contributed by atoms with Crippen molar-refractivity contribution in [2.45, 2.75) is 32.4 Å². The van der Waals surface area contributed by atoms with Gasteiger partial charge in [0, 0.05) is 63.6 Å². The average molecular weight is 406 g/mol. The highest BCUT2D eigenvalue weighted by Gasteiger charge is 2.24. The van der Waals surface area contributed by atoms with Gasteiger partial charge in [0.25, 0.3) is 0 Å². The van der Waals surface area contributed by atoms with Gasteiger partial charge in [0.15, 0.2) is 5.82 Å². The fourth-order valence-corrected chi connectivity index (χ4v) is 4.32. The van der Waals surface area contributed by atoms with E-state index in [9.17, 15) is 0 Å². The maximum absolute atomic E-state index is 6.45. The monoisotopic (exact) mass is 405 g/mol. The number of piperidine rings is 1. The quantitative estimate of drug-likeness (QED) is 0.490.